The van der Waals surface area contributed by atoms with Crippen LogP contribution in [0.1, 0.15) is 21.7 Å². The minimum Gasteiger partial charge on any atom is -0.459 e. The Hall–Kier alpha value is -2.58. The first kappa shape index (κ1) is 14.4. The Bertz CT molecular complexity index is 953. The van der Waals surface area contributed by atoms with Gasteiger partial charge in [0.25, 0.3) is 0 Å². The Labute approximate surface area is 131 Å². The molecule has 0 unspecified atom stereocenters. The summed E-state index contributed by atoms with van der Waals surface area (Å²) in [6.07, 6.45) is 6.92. The maximum atomic E-state index is 12.1. The van der Waals surface area contributed by atoms with Crippen LogP contribution in [0.2, 0.25) is 0 Å². The van der Waals surface area contributed by atoms with E-state index < -0.39 is 5.91 Å². The van der Waals surface area contributed by atoms with E-state index in [4.69, 9.17) is 10.8 Å². The van der Waals surface area contributed by atoms with Crippen molar-refractivity contribution < 1.29 is 9.21 Å². The molecule has 0 N–H and O–H groups in total. The number of benzene rings is 1. The van der Waals surface area contributed by atoms with Crippen LogP contribution in [-0.2, 0) is 6.54 Å². The van der Waals surface area contributed by atoms with E-state index in [1.165, 1.54) is 17.6 Å². The first-order valence-corrected chi connectivity index (χ1v) is 7.58. The molecule has 0 atom stereocenters. The van der Waals surface area contributed by atoms with E-state index in [-0.39, 0.29) is 5.76 Å². The number of carbonyl (C=O) groups excluding carboxylic acids is 1. The molecule has 0 saturated heterocycles. The molecule has 0 saturated carbocycles. The zero-order valence-electron chi connectivity index (χ0n) is 12.3. The van der Waals surface area contributed by atoms with Crippen molar-refractivity contribution in [2.75, 3.05) is 0 Å². The summed E-state index contributed by atoms with van der Waals surface area (Å²) >= 11 is 1.46. The molecule has 5 heteroatoms. The third-order valence-electron chi connectivity index (χ3n) is 3.29. The van der Waals surface area contributed by atoms with Gasteiger partial charge in [-0.25, -0.2) is 0 Å². The molecule has 22 heavy (non-hydrogen) atoms. The zero-order valence-corrected chi connectivity index (χ0v) is 13.1. The Balaban J connectivity index is 2.25. The van der Waals surface area contributed by atoms with E-state index in [1.54, 1.807) is 12.1 Å². The number of amides is 1. The number of furan rings is 1. The monoisotopic (exact) mass is 310 g/mol. The zero-order chi connectivity index (χ0) is 15.7. The van der Waals surface area contributed by atoms with Crippen LogP contribution >= 0.6 is 11.3 Å². The van der Waals surface area contributed by atoms with Gasteiger partial charge in [-0.15, -0.1) is 6.42 Å². The van der Waals surface area contributed by atoms with Gasteiger partial charge in [-0.3, -0.25) is 4.79 Å². The van der Waals surface area contributed by atoms with Crippen LogP contribution in [0, 0.1) is 26.2 Å². The molecule has 3 rings (SSSR count). The lowest BCUT2D eigenvalue weighted by atomic mass is 10.1. The molecule has 0 aliphatic rings. The lowest BCUT2D eigenvalue weighted by molar-refractivity contribution is 0.0971. The number of rotatable bonds is 2. The topological polar surface area (TPSA) is 47.5 Å². The van der Waals surface area contributed by atoms with Gasteiger partial charge in [0.15, 0.2) is 10.6 Å². The van der Waals surface area contributed by atoms with Crippen molar-refractivity contribution in [2.24, 2.45) is 4.99 Å². The van der Waals surface area contributed by atoms with E-state index in [9.17, 15) is 4.79 Å². The first-order valence-electron chi connectivity index (χ1n) is 6.77. The normalized spacial score (nSPS) is 11.8. The Morgan fingerprint density at radius 2 is 2.27 bits per heavy atom. The van der Waals surface area contributed by atoms with Crippen LogP contribution in [0.4, 0.5) is 0 Å². The lowest BCUT2D eigenvalue weighted by Crippen LogP contribution is -2.16. The third-order valence-corrected chi connectivity index (χ3v) is 4.52. The van der Waals surface area contributed by atoms with Crippen LogP contribution in [0.5, 0.6) is 0 Å². The van der Waals surface area contributed by atoms with E-state index in [1.807, 2.05) is 18.4 Å². The molecule has 1 aromatic carbocycles. The van der Waals surface area contributed by atoms with Crippen LogP contribution in [-0.4, -0.2) is 10.5 Å². The van der Waals surface area contributed by atoms with E-state index in [0.717, 1.165) is 21.3 Å². The number of nitrogens with zero attached hydrogens (tertiary/aromatic N) is 2. The van der Waals surface area contributed by atoms with Gasteiger partial charge < -0.3 is 8.98 Å². The molecular weight excluding hydrogens is 296 g/mol. The fraction of sp³-hybridized carbons (Fsp3) is 0.176. The average molecular weight is 310 g/mol. The molecule has 0 fully saturated rings. The van der Waals surface area contributed by atoms with Gasteiger partial charge in [0.05, 0.1) is 23.0 Å². The molecule has 110 valence electrons. The predicted molar refractivity (Wildman–Crippen MR) is 86.7 cm³/mol. The maximum Gasteiger partial charge on any atom is 0.315 e. The van der Waals surface area contributed by atoms with E-state index >= 15 is 0 Å². The number of aromatic nitrogens is 1. The van der Waals surface area contributed by atoms with E-state index in [0.29, 0.717) is 11.3 Å². The third kappa shape index (κ3) is 2.49. The highest BCUT2D eigenvalue weighted by atomic mass is 32.1. The Morgan fingerprint density at radius 1 is 1.45 bits per heavy atom. The van der Waals surface area contributed by atoms with Gasteiger partial charge in [0, 0.05) is 0 Å². The summed E-state index contributed by atoms with van der Waals surface area (Å²) < 4.78 is 8.08. The molecule has 2 heterocycles. The minimum absolute atomic E-state index is 0.220. The molecule has 2 aromatic heterocycles. The van der Waals surface area contributed by atoms with Gasteiger partial charge in [0.2, 0.25) is 0 Å². The SMILES string of the molecule is C#CCn1c(=NC(=O)c2ccco2)sc2c(C)cc(C)cc21. The summed E-state index contributed by atoms with van der Waals surface area (Å²) in [5, 5.41) is 0. The number of fused-ring (bicyclic) bond motifs is 1. The summed E-state index contributed by atoms with van der Waals surface area (Å²) in [6, 6.07) is 7.43. The minimum atomic E-state index is -0.406. The van der Waals surface area contributed by atoms with Crippen molar-refractivity contribution in [3.05, 3.63) is 52.2 Å². The molecule has 4 nitrogen and oxygen atoms in total. The van der Waals surface area contributed by atoms with Gasteiger partial charge in [-0.1, -0.05) is 23.3 Å². The standard InChI is InChI=1S/C17H14N2O2S/c1-4-7-19-13-10-11(2)9-12(3)15(13)22-17(19)18-16(20)14-6-5-8-21-14/h1,5-6,8-10H,7H2,2-3H3. The molecule has 3 aromatic rings. The van der Waals surface area contributed by atoms with Gasteiger partial charge in [0.1, 0.15) is 0 Å². The van der Waals surface area contributed by atoms with Crippen LogP contribution < -0.4 is 4.80 Å². The fourth-order valence-corrected chi connectivity index (χ4v) is 3.46. The number of terminal acetylenes is 1. The summed E-state index contributed by atoms with van der Waals surface area (Å²) in [4.78, 5) is 16.9. The van der Waals surface area contributed by atoms with Gasteiger partial charge in [-0.05, 0) is 43.2 Å². The maximum absolute atomic E-state index is 12.1. The molecular formula is C17H14N2O2S. The van der Waals surface area contributed by atoms with Crippen molar-refractivity contribution in [2.45, 2.75) is 20.4 Å². The highest BCUT2D eigenvalue weighted by molar-refractivity contribution is 7.16. The number of carbonyl (C=O) groups is 1. The molecule has 0 aliphatic carbocycles. The smallest absolute Gasteiger partial charge is 0.315 e. The van der Waals surface area contributed by atoms with E-state index in [2.05, 4.69) is 23.0 Å². The molecule has 0 radical (unpaired) electrons. The Kier molecular flexibility index (Phi) is 3.70. The molecule has 0 aliphatic heterocycles. The summed E-state index contributed by atoms with van der Waals surface area (Å²) in [6.45, 7) is 4.45. The summed E-state index contributed by atoms with van der Waals surface area (Å²) in [5.41, 5.74) is 3.31. The van der Waals surface area contributed by atoms with Crippen molar-refractivity contribution in [3.63, 3.8) is 0 Å². The van der Waals surface area contributed by atoms with Crippen molar-refractivity contribution in [1.82, 2.24) is 4.57 Å². The fourth-order valence-electron chi connectivity index (χ4n) is 2.38. The molecule has 0 spiro atoms. The quantitative estimate of drug-likeness (QED) is 0.682. The van der Waals surface area contributed by atoms with Gasteiger partial charge in [-0.2, -0.15) is 4.99 Å². The first-order chi connectivity index (χ1) is 10.6. The second-order valence-electron chi connectivity index (χ2n) is 5.00. The van der Waals surface area contributed by atoms with Crippen LogP contribution in [0.15, 0.2) is 39.9 Å². The second kappa shape index (κ2) is 5.66. The lowest BCUT2D eigenvalue weighted by Gasteiger charge is -2.02. The Morgan fingerprint density at radius 3 is 2.95 bits per heavy atom. The number of hydrogen-bond acceptors (Lipinski definition) is 3. The van der Waals surface area contributed by atoms with Crippen LogP contribution in [0.25, 0.3) is 10.2 Å². The van der Waals surface area contributed by atoms with Crippen molar-refractivity contribution >= 4 is 27.5 Å². The summed E-state index contributed by atoms with van der Waals surface area (Å²) in [7, 11) is 0. The average Bonchev–Trinajstić information content (AvgIpc) is 3.09. The number of hydrogen-bond donors (Lipinski definition) is 0. The second-order valence-corrected chi connectivity index (χ2v) is 5.98. The molecule has 1 amide bonds. The largest absolute Gasteiger partial charge is 0.459 e. The highest BCUT2D eigenvalue weighted by Crippen LogP contribution is 2.23. The van der Waals surface area contributed by atoms with Crippen LogP contribution in [0.3, 0.4) is 0 Å². The number of thiazole rings is 1. The van der Waals surface area contributed by atoms with Gasteiger partial charge >= 0.3 is 5.91 Å². The predicted octanol–water partition coefficient (Wildman–Crippen LogP) is 3.29. The summed E-state index contributed by atoms with van der Waals surface area (Å²) in [5.74, 6) is 2.44. The van der Waals surface area contributed by atoms with Crippen molar-refractivity contribution in [1.29, 1.82) is 0 Å². The number of aryl methyl sites for hydroxylation is 2. The van der Waals surface area contributed by atoms with Crippen molar-refractivity contribution in [3.8, 4) is 12.3 Å². The molecule has 0 bridgehead atoms. The highest BCUT2D eigenvalue weighted by Gasteiger charge is 2.12.